The normalized spacial score (nSPS) is 20.7. The van der Waals surface area contributed by atoms with Crippen molar-refractivity contribution in [2.45, 2.75) is 37.6 Å². The van der Waals surface area contributed by atoms with E-state index in [9.17, 15) is 22.8 Å². The number of benzene rings is 1. The minimum absolute atomic E-state index is 0.0655. The maximum Gasteiger partial charge on any atom is 0.267 e. The van der Waals surface area contributed by atoms with E-state index in [1.165, 1.54) is 24.4 Å². The number of nitrogens with zero attached hydrogens (tertiary/aromatic N) is 1. The van der Waals surface area contributed by atoms with Crippen molar-refractivity contribution in [3.05, 3.63) is 53.9 Å². The number of amides is 2. The van der Waals surface area contributed by atoms with E-state index in [-0.39, 0.29) is 43.3 Å². The zero-order valence-corrected chi connectivity index (χ0v) is 17.9. The smallest absolute Gasteiger partial charge is 0.267 e. The van der Waals surface area contributed by atoms with Crippen LogP contribution in [0.4, 0.5) is 18.9 Å². The quantitative estimate of drug-likeness (QED) is 0.676. The first-order chi connectivity index (χ1) is 15.7. The molecule has 33 heavy (non-hydrogen) atoms. The Morgan fingerprint density at radius 3 is 2.64 bits per heavy atom. The van der Waals surface area contributed by atoms with Crippen LogP contribution < -0.4 is 15.8 Å². The van der Waals surface area contributed by atoms with Gasteiger partial charge >= 0.3 is 0 Å². The molecule has 2 fully saturated rings. The Labute approximate surface area is 188 Å². The molecule has 0 radical (unpaired) electrons. The topological polar surface area (TPSA) is 113 Å². The van der Waals surface area contributed by atoms with Crippen LogP contribution in [0.2, 0.25) is 0 Å². The number of nitrogens with two attached hydrogens (primary N) is 1. The van der Waals surface area contributed by atoms with E-state index in [0.29, 0.717) is 12.1 Å². The third kappa shape index (κ3) is 6.65. The lowest BCUT2D eigenvalue weighted by molar-refractivity contribution is -0.146. The van der Waals surface area contributed by atoms with Crippen molar-refractivity contribution >= 4 is 17.5 Å². The third-order valence-electron chi connectivity index (χ3n) is 4.93. The highest BCUT2D eigenvalue weighted by molar-refractivity contribution is 5.96. The second-order valence-corrected chi connectivity index (χ2v) is 7.78. The van der Waals surface area contributed by atoms with Gasteiger partial charge in [-0.1, -0.05) is 6.07 Å². The first-order valence-electron chi connectivity index (χ1n) is 10.2. The predicted molar refractivity (Wildman–Crippen MR) is 111 cm³/mol. The number of aromatic nitrogens is 1. The van der Waals surface area contributed by atoms with Crippen molar-refractivity contribution in [1.29, 1.82) is 0 Å². The minimum Gasteiger partial charge on any atom is -0.487 e. The Kier molecular flexibility index (Phi) is 7.88. The second kappa shape index (κ2) is 10.6. The molecule has 178 valence electrons. The van der Waals surface area contributed by atoms with Crippen molar-refractivity contribution in [3.8, 4) is 5.75 Å². The van der Waals surface area contributed by atoms with Crippen molar-refractivity contribution in [2.24, 2.45) is 5.73 Å². The van der Waals surface area contributed by atoms with E-state index >= 15 is 0 Å². The summed E-state index contributed by atoms with van der Waals surface area (Å²) in [4.78, 5) is 26.6. The van der Waals surface area contributed by atoms with Crippen LogP contribution in [0.1, 0.15) is 30.3 Å². The summed E-state index contributed by atoms with van der Waals surface area (Å²) in [6.45, 7) is 1.48. The molecule has 3 heterocycles. The standard InChI is InChI=1S/C12H15N3O3.C10H9F3O2/c1-7-2-3-10(18-7)12(17)15-8-4-5-14-9(6-8)11(13)16;11-7-2-1-3-8(9(7)12)15-6-10(13)4-14-5-10/h4-7,10H,2-3H2,1H3,(H2,13,16)(H,14,15,17);1-3H,4-6H2. The van der Waals surface area contributed by atoms with Gasteiger partial charge in [-0.05, 0) is 44.0 Å². The van der Waals surface area contributed by atoms with Crippen LogP contribution in [0.5, 0.6) is 5.75 Å². The van der Waals surface area contributed by atoms with Crippen LogP contribution in [0, 0.1) is 11.6 Å². The van der Waals surface area contributed by atoms with Crippen molar-refractivity contribution in [1.82, 2.24) is 4.98 Å². The van der Waals surface area contributed by atoms with Gasteiger partial charge in [0.15, 0.2) is 17.2 Å². The number of alkyl halides is 1. The van der Waals surface area contributed by atoms with E-state index in [4.69, 9.17) is 15.2 Å². The lowest BCUT2D eigenvalue weighted by atomic mass is 10.1. The van der Waals surface area contributed by atoms with Crippen LogP contribution >= 0.6 is 0 Å². The van der Waals surface area contributed by atoms with Gasteiger partial charge in [0.1, 0.15) is 18.4 Å². The van der Waals surface area contributed by atoms with Gasteiger partial charge in [-0.2, -0.15) is 4.39 Å². The zero-order valence-electron chi connectivity index (χ0n) is 17.9. The number of carbonyl (C=O) groups is 2. The molecule has 11 heteroatoms. The minimum atomic E-state index is -1.57. The van der Waals surface area contributed by atoms with Gasteiger partial charge < -0.3 is 25.3 Å². The van der Waals surface area contributed by atoms with Gasteiger partial charge in [0.05, 0.1) is 19.3 Å². The van der Waals surface area contributed by atoms with E-state index in [2.05, 4.69) is 15.0 Å². The fourth-order valence-corrected chi connectivity index (χ4v) is 3.07. The van der Waals surface area contributed by atoms with Crippen LogP contribution in [0.15, 0.2) is 36.5 Å². The van der Waals surface area contributed by atoms with Crippen LogP contribution in [-0.2, 0) is 14.3 Å². The SMILES string of the molecule is CC1CCC(C(=O)Nc2ccnc(C(N)=O)c2)O1.Fc1cccc(OCC2(F)COC2)c1F. The lowest BCUT2D eigenvalue weighted by Crippen LogP contribution is -2.50. The summed E-state index contributed by atoms with van der Waals surface area (Å²) >= 11 is 0. The molecule has 0 bridgehead atoms. The number of rotatable bonds is 6. The van der Waals surface area contributed by atoms with Crippen LogP contribution in [0.3, 0.4) is 0 Å². The van der Waals surface area contributed by atoms with Crippen LogP contribution in [0.25, 0.3) is 0 Å². The number of pyridine rings is 1. The van der Waals surface area contributed by atoms with Crippen LogP contribution in [-0.4, -0.2) is 54.5 Å². The monoisotopic (exact) mass is 467 g/mol. The molecule has 4 rings (SSSR count). The van der Waals surface area contributed by atoms with Crippen molar-refractivity contribution < 1.29 is 37.0 Å². The second-order valence-electron chi connectivity index (χ2n) is 7.78. The Hall–Kier alpha value is -3.18. The number of primary amides is 1. The van der Waals surface area contributed by atoms with Gasteiger partial charge in [-0.25, -0.2) is 8.78 Å². The predicted octanol–water partition coefficient (Wildman–Crippen LogP) is 2.77. The molecule has 3 N–H and O–H groups in total. The van der Waals surface area contributed by atoms with Gasteiger partial charge in [-0.15, -0.1) is 0 Å². The molecule has 2 aromatic rings. The zero-order chi connectivity index (χ0) is 24.0. The summed E-state index contributed by atoms with van der Waals surface area (Å²) < 4.78 is 54.1. The highest BCUT2D eigenvalue weighted by atomic mass is 19.2. The van der Waals surface area contributed by atoms with Gasteiger partial charge in [0, 0.05) is 11.9 Å². The Morgan fingerprint density at radius 2 is 2.03 bits per heavy atom. The first-order valence-corrected chi connectivity index (χ1v) is 10.2. The molecule has 2 unspecified atom stereocenters. The molecular weight excluding hydrogens is 443 g/mol. The number of hydrogen-bond acceptors (Lipinski definition) is 6. The number of hydrogen-bond donors (Lipinski definition) is 2. The maximum atomic E-state index is 13.4. The third-order valence-corrected chi connectivity index (χ3v) is 4.93. The van der Waals surface area contributed by atoms with Crippen molar-refractivity contribution in [3.63, 3.8) is 0 Å². The summed E-state index contributed by atoms with van der Waals surface area (Å²) in [5.41, 5.74) is 4.16. The molecule has 0 aliphatic carbocycles. The number of halogens is 3. The van der Waals surface area contributed by atoms with E-state index < -0.39 is 29.3 Å². The lowest BCUT2D eigenvalue weighted by Gasteiger charge is -2.33. The maximum absolute atomic E-state index is 13.4. The molecule has 2 amide bonds. The summed E-state index contributed by atoms with van der Waals surface area (Å²) in [5, 5.41) is 2.69. The summed E-state index contributed by atoms with van der Waals surface area (Å²) in [6.07, 6.45) is 2.69. The number of ether oxygens (including phenoxy) is 3. The molecule has 2 atom stereocenters. The number of carbonyl (C=O) groups excluding carboxylic acids is 2. The number of nitrogens with one attached hydrogen (secondary N) is 1. The van der Waals surface area contributed by atoms with Crippen molar-refractivity contribution in [2.75, 3.05) is 25.1 Å². The molecule has 1 aromatic heterocycles. The Morgan fingerprint density at radius 1 is 1.27 bits per heavy atom. The fraction of sp³-hybridized carbons (Fsp3) is 0.409. The molecule has 0 spiro atoms. The molecular formula is C22H24F3N3O5. The molecule has 2 saturated heterocycles. The molecule has 2 aliphatic heterocycles. The highest BCUT2D eigenvalue weighted by Crippen LogP contribution is 2.25. The van der Waals surface area contributed by atoms with Gasteiger partial charge in [-0.3, -0.25) is 14.6 Å². The fourth-order valence-electron chi connectivity index (χ4n) is 3.07. The molecule has 2 aliphatic rings. The van der Waals surface area contributed by atoms with Gasteiger partial charge in [0.25, 0.3) is 11.8 Å². The molecule has 0 saturated carbocycles. The number of anilines is 1. The average molecular weight is 467 g/mol. The highest BCUT2D eigenvalue weighted by Gasteiger charge is 2.40. The largest absolute Gasteiger partial charge is 0.487 e. The summed E-state index contributed by atoms with van der Waals surface area (Å²) in [7, 11) is 0. The summed E-state index contributed by atoms with van der Waals surface area (Å²) in [5.74, 6) is -3.22. The van der Waals surface area contributed by atoms with Gasteiger partial charge in [0.2, 0.25) is 5.82 Å². The first kappa shape index (κ1) is 24.5. The van der Waals surface area contributed by atoms with E-state index in [1.54, 1.807) is 6.07 Å². The van der Waals surface area contributed by atoms with E-state index in [0.717, 1.165) is 12.5 Å². The Bertz CT molecular complexity index is 1000. The molecule has 1 aromatic carbocycles. The molecule has 8 nitrogen and oxygen atoms in total. The average Bonchev–Trinajstić information content (AvgIpc) is 3.20. The Balaban J connectivity index is 0.000000189. The van der Waals surface area contributed by atoms with E-state index in [1.807, 2.05) is 6.92 Å². The summed E-state index contributed by atoms with van der Waals surface area (Å²) in [6, 6.07) is 6.57.